The molecule has 5 rings (SSSR count). The van der Waals surface area contributed by atoms with Crippen LogP contribution in [0.5, 0.6) is 0 Å². The van der Waals surface area contributed by atoms with Gasteiger partial charge in [0.05, 0.1) is 10.2 Å². The molecule has 2 aromatic carbocycles. The van der Waals surface area contributed by atoms with Gasteiger partial charge >= 0.3 is 0 Å². The predicted octanol–water partition coefficient (Wildman–Crippen LogP) is 5.50. The molecule has 1 aliphatic rings. The Kier molecular flexibility index (Phi) is 2.00. The molecule has 0 atom stereocenters. The van der Waals surface area contributed by atoms with Crippen LogP contribution in [0.15, 0.2) is 42.5 Å². The molecule has 0 aliphatic heterocycles. The molecule has 2 heterocycles. The summed E-state index contributed by atoms with van der Waals surface area (Å²) < 4.78 is 2.77. The molecule has 1 nitrogen and oxygen atoms in total. The highest BCUT2D eigenvalue weighted by molar-refractivity contribution is 7.26. The van der Waals surface area contributed by atoms with E-state index in [0.29, 0.717) is 0 Å². The lowest BCUT2D eigenvalue weighted by molar-refractivity contribution is 0.992. The summed E-state index contributed by atoms with van der Waals surface area (Å²) in [4.78, 5) is 3.64. The number of nitrogens with one attached hydrogen (secondary N) is 1. The van der Waals surface area contributed by atoms with Gasteiger partial charge in [-0.2, -0.15) is 0 Å². The van der Waals surface area contributed by atoms with E-state index in [4.69, 9.17) is 0 Å². The molecule has 20 heavy (non-hydrogen) atoms. The summed E-state index contributed by atoms with van der Waals surface area (Å²) in [5, 5.41) is 4.15. The summed E-state index contributed by atoms with van der Waals surface area (Å²) in [5.41, 5.74) is 4.11. The van der Waals surface area contributed by atoms with Gasteiger partial charge in [-0.25, -0.2) is 0 Å². The van der Waals surface area contributed by atoms with E-state index in [9.17, 15) is 0 Å². The normalized spacial score (nSPS) is 14.4. The van der Waals surface area contributed by atoms with Crippen LogP contribution in [0.2, 0.25) is 0 Å². The van der Waals surface area contributed by atoms with E-state index in [2.05, 4.69) is 53.5 Å². The van der Waals surface area contributed by atoms with Crippen LogP contribution in [0, 0.1) is 0 Å². The van der Waals surface area contributed by atoms with Crippen LogP contribution in [0.1, 0.15) is 17.7 Å². The molecule has 2 aromatic heterocycles. The van der Waals surface area contributed by atoms with Crippen molar-refractivity contribution in [3.8, 4) is 0 Å². The number of rotatable bonds is 0. The van der Waals surface area contributed by atoms with Crippen molar-refractivity contribution in [1.29, 1.82) is 0 Å². The Labute approximate surface area is 120 Å². The lowest BCUT2D eigenvalue weighted by Gasteiger charge is -2.03. The molecular weight excluding hydrogens is 262 g/mol. The lowest BCUT2D eigenvalue weighted by Crippen LogP contribution is -1.89. The lowest BCUT2D eigenvalue weighted by atomic mass is 10.0. The van der Waals surface area contributed by atoms with Gasteiger partial charge in [0.1, 0.15) is 0 Å². The first-order valence-electron chi connectivity index (χ1n) is 7.03. The number of aromatic nitrogens is 1. The first-order valence-corrected chi connectivity index (χ1v) is 7.85. The van der Waals surface area contributed by atoms with Crippen LogP contribution >= 0.6 is 11.3 Å². The second kappa shape index (κ2) is 3.74. The summed E-state index contributed by atoms with van der Waals surface area (Å²) >= 11 is 1.90. The highest BCUT2D eigenvalue weighted by Crippen LogP contribution is 2.40. The van der Waals surface area contributed by atoms with Crippen molar-refractivity contribution in [2.75, 3.05) is 0 Å². The number of fused-ring (bicyclic) bond motifs is 7. The Hall–Kier alpha value is -2.06. The van der Waals surface area contributed by atoms with Gasteiger partial charge in [0.2, 0.25) is 0 Å². The monoisotopic (exact) mass is 275 g/mol. The number of benzene rings is 2. The van der Waals surface area contributed by atoms with Crippen LogP contribution in [0.3, 0.4) is 0 Å². The van der Waals surface area contributed by atoms with E-state index in [0.717, 1.165) is 12.8 Å². The molecule has 1 aliphatic carbocycles. The number of hydrogen-bond acceptors (Lipinski definition) is 1. The third-order valence-electron chi connectivity index (χ3n) is 4.30. The number of allylic oxidation sites excluding steroid dienone is 1. The van der Waals surface area contributed by atoms with Gasteiger partial charge in [0, 0.05) is 26.6 Å². The third kappa shape index (κ3) is 1.27. The zero-order chi connectivity index (χ0) is 13.1. The zero-order valence-corrected chi connectivity index (χ0v) is 11.8. The molecule has 0 bridgehead atoms. The van der Waals surface area contributed by atoms with Gasteiger partial charge in [-0.05, 0) is 30.5 Å². The van der Waals surface area contributed by atoms with Crippen LogP contribution < -0.4 is 0 Å². The molecular formula is C18H13NS. The fourth-order valence-electron chi connectivity index (χ4n) is 3.36. The van der Waals surface area contributed by atoms with E-state index in [1.807, 2.05) is 11.3 Å². The molecule has 96 valence electrons. The van der Waals surface area contributed by atoms with Gasteiger partial charge in [-0.3, -0.25) is 0 Å². The maximum Gasteiger partial charge on any atom is 0.0643 e. The second-order valence-corrected chi connectivity index (χ2v) is 6.47. The number of aromatic amines is 1. The summed E-state index contributed by atoms with van der Waals surface area (Å²) in [7, 11) is 0. The van der Waals surface area contributed by atoms with E-state index in [-0.39, 0.29) is 0 Å². The smallest absolute Gasteiger partial charge is 0.0643 e. The Bertz CT molecular complexity index is 1000. The number of hydrogen-bond donors (Lipinski definition) is 1. The maximum atomic E-state index is 3.64. The van der Waals surface area contributed by atoms with Gasteiger partial charge < -0.3 is 4.98 Å². The topological polar surface area (TPSA) is 15.8 Å². The molecule has 0 amide bonds. The minimum absolute atomic E-state index is 1.15. The fraction of sp³-hybridized carbons (Fsp3) is 0.111. The molecule has 1 N–H and O–H groups in total. The molecule has 0 spiro atoms. The van der Waals surface area contributed by atoms with Crippen molar-refractivity contribution in [3.05, 3.63) is 53.7 Å². The minimum atomic E-state index is 1.15. The largest absolute Gasteiger partial charge is 0.354 e. The van der Waals surface area contributed by atoms with Gasteiger partial charge in [-0.15, -0.1) is 11.3 Å². The van der Waals surface area contributed by atoms with E-state index >= 15 is 0 Å². The highest BCUT2D eigenvalue weighted by atomic mass is 32.1. The summed E-state index contributed by atoms with van der Waals surface area (Å²) in [6.45, 7) is 0. The highest BCUT2D eigenvalue weighted by Gasteiger charge is 2.15. The van der Waals surface area contributed by atoms with E-state index in [1.165, 1.54) is 42.3 Å². The van der Waals surface area contributed by atoms with Crippen molar-refractivity contribution in [3.63, 3.8) is 0 Å². The second-order valence-electron chi connectivity index (χ2n) is 5.42. The van der Waals surface area contributed by atoms with E-state index < -0.39 is 0 Å². The Morgan fingerprint density at radius 3 is 2.85 bits per heavy atom. The van der Waals surface area contributed by atoms with Gasteiger partial charge in [-0.1, -0.05) is 36.4 Å². The fourth-order valence-corrected chi connectivity index (χ4v) is 4.57. The quantitative estimate of drug-likeness (QED) is 0.436. The zero-order valence-electron chi connectivity index (χ0n) is 10.9. The number of thiophene rings is 1. The SMILES string of the molecule is C1=Cc2[nH]c3c(ccc4c5ccccc5sc43)c2CC1. The van der Waals surface area contributed by atoms with E-state index in [1.54, 1.807) is 0 Å². The van der Waals surface area contributed by atoms with Crippen LogP contribution in [0.25, 0.3) is 37.2 Å². The molecule has 0 saturated heterocycles. The van der Waals surface area contributed by atoms with Crippen LogP contribution in [-0.4, -0.2) is 4.98 Å². The van der Waals surface area contributed by atoms with Crippen molar-refractivity contribution < 1.29 is 0 Å². The summed E-state index contributed by atoms with van der Waals surface area (Å²) in [6, 6.07) is 13.3. The first-order chi connectivity index (χ1) is 9.92. The summed E-state index contributed by atoms with van der Waals surface area (Å²) in [5.74, 6) is 0. The molecule has 0 radical (unpaired) electrons. The van der Waals surface area contributed by atoms with Gasteiger partial charge in [0.15, 0.2) is 0 Å². The van der Waals surface area contributed by atoms with Crippen molar-refractivity contribution in [2.45, 2.75) is 12.8 Å². The number of aryl methyl sites for hydroxylation is 1. The average molecular weight is 275 g/mol. The third-order valence-corrected chi connectivity index (χ3v) is 5.51. The minimum Gasteiger partial charge on any atom is -0.354 e. The van der Waals surface area contributed by atoms with Crippen LogP contribution in [-0.2, 0) is 6.42 Å². The summed E-state index contributed by atoms with van der Waals surface area (Å²) in [6.07, 6.45) is 6.81. The molecule has 2 heteroatoms. The Morgan fingerprint density at radius 2 is 1.85 bits per heavy atom. The van der Waals surface area contributed by atoms with Gasteiger partial charge in [0.25, 0.3) is 0 Å². The Balaban J connectivity index is 2.01. The Morgan fingerprint density at radius 1 is 0.950 bits per heavy atom. The standard InChI is InChI=1S/C18H13NS/c1-3-7-15-11(5-1)13-9-10-14-12-6-2-4-8-16(12)20-18(14)17(13)19-15/h2-4,6-10,19H,1,5H2. The predicted molar refractivity (Wildman–Crippen MR) is 88.5 cm³/mol. The van der Waals surface area contributed by atoms with Crippen molar-refractivity contribution in [2.24, 2.45) is 0 Å². The molecule has 0 unspecified atom stereocenters. The average Bonchev–Trinajstić information content (AvgIpc) is 3.05. The van der Waals surface area contributed by atoms with Crippen LogP contribution in [0.4, 0.5) is 0 Å². The molecule has 0 saturated carbocycles. The molecule has 4 aromatic rings. The number of H-pyrrole nitrogens is 1. The van der Waals surface area contributed by atoms with Crippen molar-refractivity contribution in [1.82, 2.24) is 4.98 Å². The first kappa shape index (κ1) is 10.7. The molecule has 0 fully saturated rings. The van der Waals surface area contributed by atoms with Crippen molar-refractivity contribution >= 4 is 48.5 Å². The maximum absolute atomic E-state index is 3.64.